The topological polar surface area (TPSA) is 41.6 Å². The Morgan fingerprint density at radius 2 is 2.24 bits per heavy atom. The van der Waals surface area contributed by atoms with E-state index >= 15 is 0 Å². The van der Waals surface area contributed by atoms with E-state index in [9.17, 15) is 0 Å². The molecule has 0 saturated heterocycles. The molecule has 0 fully saturated rings. The van der Waals surface area contributed by atoms with Crippen LogP contribution in [0.3, 0.4) is 0 Å². The molecule has 17 heavy (non-hydrogen) atoms. The van der Waals surface area contributed by atoms with Crippen LogP contribution < -0.4 is 0 Å². The van der Waals surface area contributed by atoms with E-state index in [4.69, 9.17) is 0 Å². The lowest BCUT2D eigenvalue weighted by Gasteiger charge is -2.03. The molecule has 0 aliphatic carbocycles. The standard InChI is InChI=1S/C12H9N3S2/c1-8(12-14-5-6-15-12)17-10-2-4-13-9-3-7-16-11(9)10/h2-7H,1H2,(H,14,15). The maximum Gasteiger partial charge on any atom is 0.143 e. The number of imidazole rings is 1. The predicted octanol–water partition coefficient (Wildman–Crippen LogP) is 3.78. The summed E-state index contributed by atoms with van der Waals surface area (Å²) >= 11 is 3.32. The van der Waals surface area contributed by atoms with Crippen LogP contribution in [0, 0.1) is 0 Å². The first kappa shape index (κ1) is 10.6. The number of pyridine rings is 1. The van der Waals surface area contributed by atoms with Gasteiger partial charge in [0.2, 0.25) is 0 Å². The van der Waals surface area contributed by atoms with Gasteiger partial charge in [-0.15, -0.1) is 11.3 Å². The molecule has 1 N–H and O–H groups in total. The molecule has 3 aromatic rings. The number of nitrogens with one attached hydrogen (secondary N) is 1. The minimum Gasteiger partial charge on any atom is -0.344 e. The van der Waals surface area contributed by atoms with E-state index in [1.807, 2.05) is 18.3 Å². The summed E-state index contributed by atoms with van der Waals surface area (Å²) in [5.41, 5.74) is 1.03. The first-order valence-electron chi connectivity index (χ1n) is 5.03. The quantitative estimate of drug-likeness (QED) is 0.728. The van der Waals surface area contributed by atoms with Crippen molar-refractivity contribution in [1.29, 1.82) is 0 Å². The summed E-state index contributed by atoms with van der Waals surface area (Å²) in [5, 5.41) is 2.05. The molecule has 84 valence electrons. The van der Waals surface area contributed by atoms with E-state index < -0.39 is 0 Å². The van der Waals surface area contributed by atoms with Gasteiger partial charge in [0.05, 0.1) is 10.2 Å². The van der Waals surface area contributed by atoms with Crippen molar-refractivity contribution >= 4 is 38.2 Å². The Balaban J connectivity index is 1.95. The molecule has 5 heteroatoms. The molecule has 3 heterocycles. The van der Waals surface area contributed by atoms with Gasteiger partial charge >= 0.3 is 0 Å². The normalized spacial score (nSPS) is 10.8. The van der Waals surface area contributed by atoms with Crippen molar-refractivity contribution in [3.05, 3.63) is 48.5 Å². The number of aromatic amines is 1. The smallest absolute Gasteiger partial charge is 0.143 e. The molecule has 0 unspecified atom stereocenters. The molecule has 0 aliphatic heterocycles. The van der Waals surface area contributed by atoms with Crippen LogP contribution in [0.1, 0.15) is 5.82 Å². The first-order valence-corrected chi connectivity index (χ1v) is 6.73. The van der Waals surface area contributed by atoms with Gasteiger partial charge in [-0.25, -0.2) is 4.98 Å². The number of nitrogens with zero attached hydrogens (tertiary/aromatic N) is 2. The zero-order chi connectivity index (χ0) is 11.7. The molecular formula is C12H9N3S2. The molecule has 0 bridgehead atoms. The number of fused-ring (bicyclic) bond motifs is 1. The number of hydrogen-bond acceptors (Lipinski definition) is 4. The molecule has 3 aromatic heterocycles. The van der Waals surface area contributed by atoms with Gasteiger partial charge in [0.1, 0.15) is 5.82 Å². The fraction of sp³-hybridized carbons (Fsp3) is 0. The van der Waals surface area contributed by atoms with Crippen molar-refractivity contribution < 1.29 is 0 Å². The minimum atomic E-state index is 0.816. The Kier molecular flexibility index (Phi) is 2.70. The molecule has 0 radical (unpaired) electrons. The maximum atomic E-state index is 4.32. The van der Waals surface area contributed by atoms with Crippen LogP contribution in [0.15, 0.2) is 47.6 Å². The number of thioether (sulfide) groups is 1. The fourth-order valence-electron chi connectivity index (χ4n) is 1.53. The third-order valence-corrected chi connectivity index (χ3v) is 4.37. The van der Waals surface area contributed by atoms with Crippen LogP contribution in [0.2, 0.25) is 0 Å². The summed E-state index contributed by atoms with van der Waals surface area (Å²) in [6.45, 7) is 4.04. The van der Waals surface area contributed by atoms with Gasteiger partial charge < -0.3 is 4.98 Å². The van der Waals surface area contributed by atoms with Gasteiger partial charge in [-0.05, 0) is 17.5 Å². The second kappa shape index (κ2) is 4.35. The number of thiophene rings is 1. The number of aromatic nitrogens is 3. The van der Waals surface area contributed by atoms with Gasteiger partial charge in [-0.3, -0.25) is 4.98 Å². The third kappa shape index (κ3) is 1.99. The van der Waals surface area contributed by atoms with Crippen LogP contribution in [0.5, 0.6) is 0 Å². The molecule has 0 aliphatic rings. The van der Waals surface area contributed by atoms with Crippen molar-refractivity contribution in [3.8, 4) is 0 Å². The minimum absolute atomic E-state index is 0.816. The highest BCUT2D eigenvalue weighted by atomic mass is 32.2. The molecule has 3 rings (SSSR count). The molecule has 0 aromatic carbocycles. The Hall–Kier alpha value is -1.59. The molecule has 0 spiro atoms. The first-order chi connectivity index (χ1) is 8.34. The van der Waals surface area contributed by atoms with Gasteiger partial charge in [0, 0.05) is 28.4 Å². The highest BCUT2D eigenvalue weighted by Crippen LogP contribution is 2.37. The van der Waals surface area contributed by atoms with E-state index in [0.717, 1.165) is 16.2 Å². The highest BCUT2D eigenvalue weighted by molar-refractivity contribution is 8.08. The number of hydrogen-bond donors (Lipinski definition) is 1. The van der Waals surface area contributed by atoms with Crippen LogP contribution >= 0.6 is 23.1 Å². The zero-order valence-electron chi connectivity index (χ0n) is 8.88. The fourth-order valence-corrected chi connectivity index (χ4v) is 3.36. The molecule has 0 atom stereocenters. The molecular weight excluding hydrogens is 250 g/mol. The van der Waals surface area contributed by atoms with Crippen LogP contribution in [0.25, 0.3) is 15.1 Å². The number of rotatable bonds is 3. The van der Waals surface area contributed by atoms with Gasteiger partial charge in [-0.2, -0.15) is 0 Å². The van der Waals surface area contributed by atoms with E-state index in [0.29, 0.717) is 0 Å². The lowest BCUT2D eigenvalue weighted by atomic mass is 10.4. The Morgan fingerprint density at radius 1 is 1.29 bits per heavy atom. The number of H-pyrrole nitrogens is 1. The highest BCUT2D eigenvalue weighted by Gasteiger charge is 2.08. The summed E-state index contributed by atoms with van der Waals surface area (Å²) in [7, 11) is 0. The Labute approximate surface area is 107 Å². The van der Waals surface area contributed by atoms with Crippen molar-refractivity contribution in [1.82, 2.24) is 15.0 Å². The van der Waals surface area contributed by atoms with Gasteiger partial charge in [0.15, 0.2) is 0 Å². The Bertz CT molecular complexity index is 655. The average Bonchev–Trinajstić information content (AvgIpc) is 3.00. The maximum absolute atomic E-state index is 4.32. The third-order valence-electron chi connectivity index (χ3n) is 2.30. The second-order valence-electron chi connectivity index (χ2n) is 3.41. The van der Waals surface area contributed by atoms with E-state index in [-0.39, 0.29) is 0 Å². The summed E-state index contributed by atoms with van der Waals surface area (Å²) in [4.78, 5) is 13.6. The van der Waals surface area contributed by atoms with E-state index in [1.165, 1.54) is 9.60 Å². The molecule has 0 saturated carbocycles. The van der Waals surface area contributed by atoms with E-state index in [1.54, 1.807) is 35.5 Å². The van der Waals surface area contributed by atoms with Crippen LogP contribution in [0.4, 0.5) is 0 Å². The van der Waals surface area contributed by atoms with Gasteiger partial charge in [0.25, 0.3) is 0 Å². The van der Waals surface area contributed by atoms with Crippen molar-refractivity contribution in [2.75, 3.05) is 0 Å². The van der Waals surface area contributed by atoms with Crippen molar-refractivity contribution in [3.63, 3.8) is 0 Å². The molecule has 0 amide bonds. The Morgan fingerprint density at radius 3 is 3.06 bits per heavy atom. The molecule has 3 nitrogen and oxygen atoms in total. The van der Waals surface area contributed by atoms with Crippen LogP contribution in [-0.2, 0) is 0 Å². The summed E-state index contributed by atoms with van der Waals surface area (Å²) in [6, 6.07) is 4.04. The van der Waals surface area contributed by atoms with Gasteiger partial charge in [-0.1, -0.05) is 18.3 Å². The van der Waals surface area contributed by atoms with E-state index in [2.05, 4.69) is 26.9 Å². The van der Waals surface area contributed by atoms with Crippen molar-refractivity contribution in [2.45, 2.75) is 4.90 Å². The summed E-state index contributed by atoms with van der Waals surface area (Å²) in [6.07, 6.45) is 5.36. The summed E-state index contributed by atoms with van der Waals surface area (Å²) in [5.74, 6) is 0.816. The monoisotopic (exact) mass is 259 g/mol. The SMILES string of the molecule is C=C(Sc1ccnc2ccsc12)c1ncc[nH]1. The van der Waals surface area contributed by atoms with Crippen molar-refractivity contribution in [2.24, 2.45) is 0 Å². The lowest BCUT2D eigenvalue weighted by Crippen LogP contribution is -1.82. The van der Waals surface area contributed by atoms with Crippen LogP contribution in [-0.4, -0.2) is 15.0 Å². The zero-order valence-corrected chi connectivity index (χ0v) is 10.5. The lowest BCUT2D eigenvalue weighted by molar-refractivity contribution is 1.26. The average molecular weight is 259 g/mol. The second-order valence-corrected chi connectivity index (χ2v) is 5.46. The largest absolute Gasteiger partial charge is 0.344 e. The predicted molar refractivity (Wildman–Crippen MR) is 73.1 cm³/mol. The summed E-state index contributed by atoms with van der Waals surface area (Å²) < 4.78 is 1.20.